The van der Waals surface area contributed by atoms with E-state index >= 15 is 0 Å². The summed E-state index contributed by atoms with van der Waals surface area (Å²) in [5, 5.41) is 0. The van der Waals surface area contributed by atoms with Gasteiger partial charge in [-0.05, 0) is 22.6 Å². The molecule has 18 heavy (non-hydrogen) atoms. The Balaban J connectivity index is 3.35. The molecule has 0 amide bonds. The SMILES string of the molecule is COC(=O)c1ncc(I)c(OC(F)(F)F)c1CCl. The Morgan fingerprint density at radius 2 is 2.17 bits per heavy atom. The Labute approximate surface area is 119 Å². The van der Waals surface area contributed by atoms with Gasteiger partial charge in [-0.25, -0.2) is 9.78 Å². The number of methoxy groups -OCH3 is 1. The van der Waals surface area contributed by atoms with E-state index in [9.17, 15) is 18.0 Å². The van der Waals surface area contributed by atoms with Crippen LogP contribution in [0.25, 0.3) is 0 Å². The summed E-state index contributed by atoms with van der Waals surface area (Å²) in [5.74, 6) is -1.78. The summed E-state index contributed by atoms with van der Waals surface area (Å²) in [6.45, 7) is 0. The number of hydrogen-bond donors (Lipinski definition) is 0. The van der Waals surface area contributed by atoms with E-state index in [1.165, 1.54) is 0 Å². The van der Waals surface area contributed by atoms with Crippen molar-refractivity contribution in [2.45, 2.75) is 12.2 Å². The molecule has 0 saturated carbocycles. The number of halogens is 5. The lowest BCUT2D eigenvalue weighted by molar-refractivity contribution is -0.275. The van der Waals surface area contributed by atoms with Gasteiger partial charge in [-0.2, -0.15) is 0 Å². The molecule has 0 fully saturated rings. The molecule has 0 aliphatic rings. The number of aromatic nitrogens is 1. The number of carbonyl (C=O) groups is 1. The van der Waals surface area contributed by atoms with Crippen LogP contribution in [0.4, 0.5) is 13.2 Å². The minimum atomic E-state index is -4.88. The molecule has 0 spiro atoms. The van der Waals surface area contributed by atoms with E-state index < -0.39 is 18.1 Å². The highest BCUT2D eigenvalue weighted by molar-refractivity contribution is 14.1. The Morgan fingerprint density at radius 3 is 2.61 bits per heavy atom. The highest BCUT2D eigenvalue weighted by atomic mass is 127. The summed E-state index contributed by atoms with van der Waals surface area (Å²) in [7, 11) is 1.09. The van der Waals surface area contributed by atoms with Crippen LogP contribution in [-0.2, 0) is 10.6 Å². The van der Waals surface area contributed by atoms with Crippen LogP contribution in [0, 0.1) is 3.57 Å². The number of nitrogens with zero attached hydrogens (tertiary/aromatic N) is 1. The summed E-state index contributed by atoms with van der Waals surface area (Å²) < 4.78 is 45.1. The molecule has 1 rings (SSSR count). The van der Waals surface area contributed by atoms with Crippen LogP contribution in [0.2, 0.25) is 0 Å². The fourth-order valence-corrected chi connectivity index (χ4v) is 1.95. The Kier molecular flexibility index (Phi) is 5.02. The van der Waals surface area contributed by atoms with Gasteiger partial charge in [0.25, 0.3) is 0 Å². The van der Waals surface area contributed by atoms with Crippen molar-refractivity contribution >= 4 is 40.2 Å². The highest BCUT2D eigenvalue weighted by Gasteiger charge is 2.34. The number of rotatable bonds is 3. The lowest BCUT2D eigenvalue weighted by atomic mass is 10.2. The molecule has 100 valence electrons. The molecule has 1 aromatic heterocycles. The van der Waals surface area contributed by atoms with Crippen molar-refractivity contribution in [1.29, 1.82) is 0 Å². The second-order valence-corrected chi connectivity index (χ2v) is 4.36. The van der Waals surface area contributed by atoms with Crippen molar-refractivity contribution in [3.05, 3.63) is 21.0 Å². The number of pyridine rings is 1. The molecule has 0 radical (unpaired) electrons. The minimum absolute atomic E-state index is 0.0910. The van der Waals surface area contributed by atoms with Crippen LogP contribution >= 0.6 is 34.2 Å². The first kappa shape index (κ1) is 15.3. The lowest BCUT2D eigenvalue weighted by Gasteiger charge is -2.15. The van der Waals surface area contributed by atoms with Crippen LogP contribution in [-0.4, -0.2) is 24.4 Å². The second kappa shape index (κ2) is 5.91. The van der Waals surface area contributed by atoms with Gasteiger partial charge in [0.1, 0.15) is 0 Å². The van der Waals surface area contributed by atoms with Gasteiger partial charge in [0.2, 0.25) is 0 Å². The monoisotopic (exact) mass is 395 g/mol. The van der Waals surface area contributed by atoms with Crippen LogP contribution in [0.3, 0.4) is 0 Å². The number of carbonyl (C=O) groups excluding carboxylic acids is 1. The van der Waals surface area contributed by atoms with Crippen LogP contribution in [0.5, 0.6) is 5.75 Å². The Bertz CT molecular complexity index is 467. The van der Waals surface area contributed by atoms with Crippen LogP contribution in [0.1, 0.15) is 16.1 Å². The molecule has 0 N–H and O–H groups in total. The van der Waals surface area contributed by atoms with E-state index in [4.69, 9.17) is 11.6 Å². The molecule has 0 unspecified atom stereocenters. The maximum absolute atomic E-state index is 12.2. The first-order valence-electron chi connectivity index (χ1n) is 4.37. The predicted molar refractivity (Wildman–Crippen MR) is 64.5 cm³/mol. The van der Waals surface area contributed by atoms with Gasteiger partial charge in [0.05, 0.1) is 16.6 Å². The van der Waals surface area contributed by atoms with Gasteiger partial charge < -0.3 is 9.47 Å². The molecule has 9 heteroatoms. The minimum Gasteiger partial charge on any atom is -0.464 e. The van der Waals surface area contributed by atoms with E-state index in [0.717, 1.165) is 13.3 Å². The third-order valence-corrected chi connectivity index (χ3v) is 2.85. The average Bonchev–Trinajstić information content (AvgIpc) is 2.29. The third kappa shape index (κ3) is 3.61. The van der Waals surface area contributed by atoms with Crippen molar-refractivity contribution in [2.24, 2.45) is 0 Å². The zero-order valence-corrected chi connectivity index (χ0v) is 11.8. The summed E-state index contributed by atoms with van der Waals surface area (Å²) in [6.07, 6.45) is -3.81. The van der Waals surface area contributed by atoms with E-state index in [1.807, 2.05) is 0 Å². The maximum atomic E-state index is 12.2. The molecule has 0 atom stereocenters. The van der Waals surface area contributed by atoms with Gasteiger partial charge >= 0.3 is 12.3 Å². The van der Waals surface area contributed by atoms with Crippen molar-refractivity contribution in [3.8, 4) is 5.75 Å². The fourth-order valence-electron chi connectivity index (χ4n) is 1.13. The van der Waals surface area contributed by atoms with Gasteiger partial charge in [-0.15, -0.1) is 24.8 Å². The molecule has 0 aromatic carbocycles. The van der Waals surface area contributed by atoms with Crippen LogP contribution in [0.15, 0.2) is 6.20 Å². The Morgan fingerprint density at radius 1 is 1.56 bits per heavy atom. The molecule has 0 saturated heterocycles. The highest BCUT2D eigenvalue weighted by Crippen LogP contribution is 2.33. The van der Waals surface area contributed by atoms with Gasteiger partial charge in [-0.1, -0.05) is 0 Å². The van der Waals surface area contributed by atoms with Crippen molar-refractivity contribution in [1.82, 2.24) is 4.98 Å². The molecule has 1 heterocycles. The van der Waals surface area contributed by atoms with Crippen molar-refractivity contribution < 1.29 is 27.4 Å². The summed E-state index contributed by atoms with van der Waals surface area (Å²) in [6, 6.07) is 0. The first-order valence-corrected chi connectivity index (χ1v) is 5.99. The maximum Gasteiger partial charge on any atom is 0.573 e. The van der Waals surface area contributed by atoms with E-state index in [2.05, 4.69) is 14.5 Å². The zero-order chi connectivity index (χ0) is 13.9. The molecule has 4 nitrogen and oxygen atoms in total. The van der Waals surface area contributed by atoms with Crippen molar-refractivity contribution in [2.75, 3.05) is 7.11 Å². The fraction of sp³-hybridized carbons (Fsp3) is 0.333. The molecular formula is C9H6ClF3INO3. The van der Waals surface area contributed by atoms with Gasteiger partial charge in [-0.3, -0.25) is 0 Å². The number of alkyl halides is 4. The number of hydrogen-bond acceptors (Lipinski definition) is 4. The van der Waals surface area contributed by atoms with Crippen LogP contribution < -0.4 is 4.74 Å². The Hall–Kier alpha value is -0.770. The second-order valence-electron chi connectivity index (χ2n) is 2.94. The van der Waals surface area contributed by atoms with E-state index in [1.54, 1.807) is 22.6 Å². The molecule has 0 bridgehead atoms. The summed E-state index contributed by atoms with van der Waals surface area (Å²) in [5.41, 5.74) is -0.458. The third-order valence-electron chi connectivity index (χ3n) is 1.81. The molecule has 0 aliphatic heterocycles. The summed E-state index contributed by atoms with van der Waals surface area (Å²) in [4.78, 5) is 15.0. The molecule has 1 aromatic rings. The van der Waals surface area contributed by atoms with Crippen molar-refractivity contribution in [3.63, 3.8) is 0 Å². The largest absolute Gasteiger partial charge is 0.573 e. The zero-order valence-electron chi connectivity index (χ0n) is 8.85. The topological polar surface area (TPSA) is 48.4 Å². The molecular weight excluding hydrogens is 389 g/mol. The van der Waals surface area contributed by atoms with Gasteiger partial charge in [0, 0.05) is 11.8 Å². The van der Waals surface area contributed by atoms with E-state index in [-0.39, 0.29) is 20.7 Å². The number of esters is 1. The first-order chi connectivity index (χ1) is 8.30. The van der Waals surface area contributed by atoms with E-state index in [0.29, 0.717) is 0 Å². The lowest BCUT2D eigenvalue weighted by Crippen LogP contribution is -2.20. The molecule has 0 aliphatic carbocycles. The quantitative estimate of drug-likeness (QED) is 0.448. The average molecular weight is 396 g/mol. The number of ether oxygens (including phenoxy) is 2. The normalized spacial score (nSPS) is 11.2. The van der Waals surface area contributed by atoms with Gasteiger partial charge in [0.15, 0.2) is 11.4 Å². The summed E-state index contributed by atoms with van der Waals surface area (Å²) >= 11 is 7.14. The standard InChI is InChI=1S/C9H6ClF3INO3/c1-17-8(16)6-4(2-10)7(5(14)3-15-6)18-9(11,12)13/h3H,2H2,1H3. The predicted octanol–water partition coefficient (Wildman–Crippen LogP) is 3.11. The smallest absolute Gasteiger partial charge is 0.464 e.